The molecule has 1 saturated heterocycles. The minimum Gasteiger partial charge on any atom is -0.481 e. The second kappa shape index (κ2) is 4.79. The van der Waals surface area contributed by atoms with Gasteiger partial charge in [-0.25, -0.2) is 0 Å². The van der Waals surface area contributed by atoms with Gasteiger partial charge in [-0.1, -0.05) is 15.9 Å². The van der Waals surface area contributed by atoms with Crippen LogP contribution in [0, 0.1) is 23.7 Å². The van der Waals surface area contributed by atoms with Gasteiger partial charge < -0.3 is 10.2 Å². The Labute approximate surface area is 128 Å². The summed E-state index contributed by atoms with van der Waals surface area (Å²) in [7, 11) is 0. The molecule has 0 aromatic carbocycles. The van der Waals surface area contributed by atoms with Crippen molar-refractivity contribution in [3.63, 3.8) is 0 Å². The minimum absolute atomic E-state index is 0.145. The number of alkyl halides is 1. The molecule has 3 aliphatic rings. The molecule has 0 aromatic rings. The molecule has 0 aromatic heterocycles. The summed E-state index contributed by atoms with van der Waals surface area (Å²) in [5.74, 6) is -5.77. The molecule has 0 unspecified atom stereocenters. The molecule has 0 radical (unpaired) electrons. The van der Waals surface area contributed by atoms with Crippen LogP contribution < -0.4 is 0 Å². The van der Waals surface area contributed by atoms with E-state index in [-0.39, 0.29) is 35.4 Å². The Morgan fingerprint density at radius 3 is 1.95 bits per heavy atom. The summed E-state index contributed by atoms with van der Waals surface area (Å²) >= 11 is 3.41. The Balaban J connectivity index is 1.96. The third kappa shape index (κ3) is 1.91. The van der Waals surface area contributed by atoms with Crippen LogP contribution >= 0.6 is 15.9 Å². The summed E-state index contributed by atoms with van der Waals surface area (Å²) < 4.78 is 0. The third-order valence-electron chi connectivity index (χ3n) is 4.99. The van der Waals surface area contributed by atoms with E-state index < -0.39 is 35.7 Å². The van der Waals surface area contributed by atoms with Gasteiger partial charge in [0.05, 0.1) is 17.9 Å². The van der Waals surface area contributed by atoms with E-state index in [0.717, 1.165) is 4.90 Å². The summed E-state index contributed by atoms with van der Waals surface area (Å²) in [6, 6.07) is -0.547. The smallest absolute Gasteiger partial charge is 0.307 e. The quantitative estimate of drug-likeness (QED) is 0.554. The zero-order valence-corrected chi connectivity index (χ0v) is 12.5. The first-order chi connectivity index (χ1) is 9.84. The lowest BCUT2D eigenvalue weighted by Crippen LogP contribution is -2.54. The van der Waals surface area contributed by atoms with Gasteiger partial charge in [-0.3, -0.25) is 24.1 Å². The summed E-state index contributed by atoms with van der Waals surface area (Å²) in [4.78, 5) is 47.5. The largest absolute Gasteiger partial charge is 0.481 e. The van der Waals surface area contributed by atoms with Crippen LogP contribution in [0.1, 0.15) is 19.3 Å². The lowest BCUT2D eigenvalue weighted by Gasteiger charge is -2.38. The van der Waals surface area contributed by atoms with Crippen LogP contribution in [-0.2, 0) is 19.2 Å². The number of carbonyl (C=O) groups is 4. The molecule has 2 saturated carbocycles. The molecule has 1 heterocycles. The molecule has 2 aliphatic carbocycles. The Morgan fingerprint density at radius 1 is 1.00 bits per heavy atom. The zero-order chi connectivity index (χ0) is 15.5. The molecule has 8 heteroatoms. The van der Waals surface area contributed by atoms with Gasteiger partial charge in [-0.15, -0.1) is 0 Å². The van der Waals surface area contributed by atoms with E-state index in [1.54, 1.807) is 0 Å². The van der Waals surface area contributed by atoms with Crippen molar-refractivity contribution >= 4 is 39.7 Å². The van der Waals surface area contributed by atoms with Crippen molar-refractivity contribution in [3.05, 3.63) is 0 Å². The SMILES string of the molecule is O=C(O)[C@@H]1[C@@H]2C[C@@H]([C@H](Br)[C@@H]2N2C(=O)CCC2=O)[C@@H]1C(=O)O. The highest BCUT2D eigenvalue weighted by atomic mass is 79.9. The highest BCUT2D eigenvalue weighted by Gasteiger charge is 2.65. The molecule has 114 valence electrons. The van der Waals surface area contributed by atoms with E-state index in [2.05, 4.69) is 15.9 Å². The normalized spacial score (nSPS) is 41.9. The maximum absolute atomic E-state index is 11.9. The number of carboxylic acids is 2. The van der Waals surface area contributed by atoms with E-state index in [1.807, 2.05) is 0 Å². The van der Waals surface area contributed by atoms with Crippen LogP contribution in [0.2, 0.25) is 0 Å². The van der Waals surface area contributed by atoms with Crippen molar-refractivity contribution in [3.8, 4) is 0 Å². The Kier molecular flexibility index (Phi) is 3.31. The van der Waals surface area contributed by atoms with Gasteiger partial charge in [0.25, 0.3) is 0 Å². The maximum Gasteiger partial charge on any atom is 0.307 e. The number of hydrogen-bond acceptors (Lipinski definition) is 4. The highest BCUT2D eigenvalue weighted by Crippen LogP contribution is 2.57. The fourth-order valence-corrected chi connectivity index (χ4v) is 5.42. The van der Waals surface area contributed by atoms with Gasteiger partial charge in [0.1, 0.15) is 0 Å². The molecule has 2 N–H and O–H groups in total. The molecule has 2 bridgehead atoms. The summed E-state index contributed by atoms with van der Waals surface area (Å²) in [5.41, 5.74) is 0. The minimum atomic E-state index is -1.17. The first-order valence-electron chi connectivity index (χ1n) is 6.79. The van der Waals surface area contributed by atoms with Gasteiger partial charge in [-0.05, 0) is 18.3 Å². The molecule has 1 aliphatic heterocycles. The summed E-state index contributed by atoms with van der Waals surface area (Å²) in [5, 5.41) is 18.7. The number of likely N-dealkylation sites (tertiary alicyclic amines) is 1. The third-order valence-corrected chi connectivity index (χ3v) is 6.21. The molecular formula is C13H14BrNO6. The van der Waals surface area contributed by atoms with Crippen LogP contribution in [0.3, 0.4) is 0 Å². The fourth-order valence-electron chi connectivity index (χ4n) is 4.24. The number of carbonyl (C=O) groups excluding carboxylic acids is 2. The van der Waals surface area contributed by atoms with E-state index in [4.69, 9.17) is 0 Å². The van der Waals surface area contributed by atoms with Crippen molar-refractivity contribution in [2.24, 2.45) is 23.7 Å². The average Bonchev–Trinajstić information content (AvgIpc) is 3.02. The molecule has 3 rings (SSSR count). The van der Waals surface area contributed by atoms with E-state index in [0.29, 0.717) is 6.42 Å². The lowest BCUT2D eigenvalue weighted by molar-refractivity contribution is -0.159. The molecule has 3 fully saturated rings. The number of carboxylic acid groups (broad SMARTS) is 2. The average molecular weight is 360 g/mol. The van der Waals surface area contributed by atoms with Gasteiger partial charge in [-0.2, -0.15) is 0 Å². The molecular weight excluding hydrogens is 346 g/mol. The standard InChI is InChI=1S/C13H14BrNO6/c14-10-4-3-5(9(13(20)21)8(4)12(18)19)11(10)15-6(16)1-2-7(15)17/h4-5,8-11H,1-3H2,(H,18,19)(H,20,21)/t4-,5+,8+,9-,10+,11-/m1/s1. The highest BCUT2D eigenvalue weighted by molar-refractivity contribution is 9.09. The topological polar surface area (TPSA) is 112 Å². The van der Waals surface area contributed by atoms with Crippen molar-refractivity contribution in [1.82, 2.24) is 4.90 Å². The van der Waals surface area contributed by atoms with Crippen LogP contribution in [-0.4, -0.2) is 49.7 Å². The number of aliphatic carboxylic acids is 2. The number of hydrogen-bond donors (Lipinski definition) is 2. The number of nitrogens with zero attached hydrogens (tertiary/aromatic N) is 1. The van der Waals surface area contributed by atoms with Gasteiger partial charge in [0, 0.05) is 17.7 Å². The van der Waals surface area contributed by atoms with Crippen molar-refractivity contribution < 1.29 is 29.4 Å². The first-order valence-corrected chi connectivity index (χ1v) is 7.70. The Hall–Kier alpha value is -1.44. The van der Waals surface area contributed by atoms with Crippen LogP contribution in [0.15, 0.2) is 0 Å². The second-order valence-electron chi connectivity index (χ2n) is 5.88. The first kappa shape index (κ1) is 14.5. The van der Waals surface area contributed by atoms with Crippen LogP contribution in [0.5, 0.6) is 0 Å². The molecule has 7 nitrogen and oxygen atoms in total. The fraction of sp³-hybridized carbons (Fsp3) is 0.692. The second-order valence-corrected chi connectivity index (χ2v) is 6.94. The molecule has 0 spiro atoms. The van der Waals surface area contributed by atoms with Gasteiger partial charge >= 0.3 is 11.9 Å². The number of imide groups is 1. The van der Waals surface area contributed by atoms with Crippen molar-refractivity contribution in [2.45, 2.75) is 30.1 Å². The lowest BCUT2D eigenvalue weighted by atomic mass is 9.76. The Morgan fingerprint density at radius 2 is 1.48 bits per heavy atom. The van der Waals surface area contributed by atoms with Crippen molar-refractivity contribution in [1.29, 1.82) is 0 Å². The van der Waals surface area contributed by atoms with E-state index in [9.17, 15) is 29.4 Å². The molecule has 21 heavy (non-hydrogen) atoms. The maximum atomic E-state index is 11.9. The number of fused-ring (bicyclic) bond motifs is 2. The summed E-state index contributed by atoms with van der Waals surface area (Å²) in [6.45, 7) is 0. The number of rotatable bonds is 3. The molecule has 6 atom stereocenters. The summed E-state index contributed by atoms with van der Waals surface area (Å²) in [6.07, 6.45) is 0.699. The monoisotopic (exact) mass is 359 g/mol. The Bertz CT molecular complexity index is 533. The van der Waals surface area contributed by atoms with E-state index in [1.165, 1.54) is 0 Å². The van der Waals surface area contributed by atoms with E-state index >= 15 is 0 Å². The predicted octanol–water partition coefficient (Wildman–Crippen LogP) is 0.319. The predicted molar refractivity (Wildman–Crippen MR) is 71.4 cm³/mol. The van der Waals surface area contributed by atoms with Crippen LogP contribution in [0.25, 0.3) is 0 Å². The zero-order valence-electron chi connectivity index (χ0n) is 10.9. The van der Waals surface area contributed by atoms with Gasteiger partial charge in [0.2, 0.25) is 11.8 Å². The molecule has 2 amide bonds. The van der Waals surface area contributed by atoms with Crippen molar-refractivity contribution in [2.75, 3.05) is 0 Å². The van der Waals surface area contributed by atoms with Crippen LogP contribution in [0.4, 0.5) is 0 Å². The number of halogens is 1. The van der Waals surface area contributed by atoms with Gasteiger partial charge in [0.15, 0.2) is 0 Å². The number of amides is 2.